The molecule has 0 saturated carbocycles. The maximum Gasteiger partial charge on any atom is 0.237 e. The van der Waals surface area contributed by atoms with E-state index in [1.165, 1.54) is 22.9 Å². The third-order valence-electron chi connectivity index (χ3n) is 6.47. The molecule has 0 radical (unpaired) electrons. The summed E-state index contributed by atoms with van der Waals surface area (Å²) in [7, 11) is 6.29. The molecular weight excluding hydrogens is 520 g/mol. The summed E-state index contributed by atoms with van der Waals surface area (Å²) in [6.45, 7) is 1.96. The summed E-state index contributed by atoms with van der Waals surface area (Å²) < 4.78 is 22.6. The molecule has 4 rings (SSSR count). The number of ether oxygens (including phenoxy) is 4. The maximum absolute atomic E-state index is 13.7. The molecule has 0 fully saturated rings. The van der Waals surface area contributed by atoms with Crippen molar-refractivity contribution in [3.63, 3.8) is 0 Å². The van der Waals surface area contributed by atoms with Crippen molar-refractivity contribution in [2.24, 2.45) is 0 Å². The minimum atomic E-state index is -0.0835. The average molecular weight is 553 g/mol. The smallest absolute Gasteiger partial charge is 0.237 e. The average Bonchev–Trinajstić information content (AvgIpc) is 2.97. The standard InChI is InChI=1S/C29H32N2O5S2/c1-33-24-11-9-20(10-12-24)17-31(23-15-25(34-2)28(36-4)26(16-23)35-3)27(32)19-38-29(37)30-14-13-21-7-5-6-8-22(21)18-30/h5-12,15-16H,13-14,17-19H2,1-4H3. The Labute approximate surface area is 233 Å². The fourth-order valence-corrected chi connectivity index (χ4v) is 5.48. The lowest BCUT2D eigenvalue weighted by Crippen LogP contribution is -2.36. The molecule has 200 valence electrons. The molecule has 7 nitrogen and oxygen atoms in total. The second-order valence-corrected chi connectivity index (χ2v) is 10.3. The lowest BCUT2D eigenvalue weighted by molar-refractivity contribution is -0.116. The quantitative estimate of drug-likeness (QED) is 0.330. The molecule has 0 bridgehead atoms. The van der Waals surface area contributed by atoms with Gasteiger partial charge in [-0.25, -0.2) is 0 Å². The van der Waals surface area contributed by atoms with Gasteiger partial charge in [-0.1, -0.05) is 60.4 Å². The molecule has 38 heavy (non-hydrogen) atoms. The normalized spacial score (nSPS) is 12.4. The second-order valence-electron chi connectivity index (χ2n) is 8.71. The Morgan fingerprint density at radius 2 is 1.58 bits per heavy atom. The number of anilines is 1. The molecule has 1 heterocycles. The van der Waals surface area contributed by atoms with Crippen LogP contribution in [0.25, 0.3) is 0 Å². The van der Waals surface area contributed by atoms with Gasteiger partial charge in [-0.2, -0.15) is 0 Å². The van der Waals surface area contributed by atoms with Crippen molar-refractivity contribution in [1.82, 2.24) is 4.90 Å². The first kappa shape index (κ1) is 27.6. The number of hydrogen-bond acceptors (Lipinski definition) is 7. The first-order valence-electron chi connectivity index (χ1n) is 12.2. The van der Waals surface area contributed by atoms with E-state index >= 15 is 0 Å². The second kappa shape index (κ2) is 12.9. The molecule has 9 heteroatoms. The molecular formula is C29H32N2O5S2. The van der Waals surface area contributed by atoms with Crippen molar-refractivity contribution >= 4 is 39.9 Å². The molecule has 0 unspecified atom stereocenters. The van der Waals surface area contributed by atoms with Crippen molar-refractivity contribution in [3.8, 4) is 23.0 Å². The van der Waals surface area contributed by atoms with Gasteiger partial charge in [-0.05, 0) is 35.2 Å². The predicted molar refractivity (Wildman–Crippen MR) is 156 cm³/mol. The molecule has 3 aromatic rings. The fourth-order valence-electron chi connectivity index (χ4n) is 4.40. The summed E-state index contributed by atoms with van der Waals surface area (Å²) in [6, 6.07) is 19.6. The van der Waals surface area contributed by atoms with E-state index in [1.54, 1.807) is 45.5 Å². The number of hydrogen-bond donors (Lipinski definition) is 0. The van der Waals surface area contributed by atoms with Gasteiger partial charge in [0.15, 0.2) is 11.5 Å². The summed E-state index contributed by atoms with van der Waals surface area (Å²) >= 11 is 7.13. The Kier molecular flexibility index (Phi) is 9.36. The summed E-state index contributed by atoms with van der Waals surface area (Å²) in [5.74, 6) is 2.29. The van der Waals surface area contributed by atoms with Crippen LogP contribution in [-0.2, 0) is 24.3 Å². The van der Waals surface area contributed by atoms with Gasteiger partial charge >= 0.3 is 0 Å². The number of amides is 1. The molecule has 0 spiro atoms. The van der Waals surface area contributed by atoms with Crippen LogP contribution in [0.5, 0.6) is 23.0 Å². The Morgan fingerprint density at radius 3 is 2.18 bits per heavy atom. The van der Waals surface area contributed by atoms with Crippen molar-refractivity contribution in [3.05, 3.63) is 77.4 Å². The lowest BCUT2D eigenvalue weighted by Gasteiger charge is -2.31. The number of thiocarbonyl (C=S) groups is 1. The number of nitrogens with zero attached hydrogens (tertiary/aromatic N) is 2. The molecule has 0 aliphatic carbocycles. The molecule has 1 amide bonds. The summed E-state index contributed by atoms with van der Waals surface area (Å²) in [6.07, 6.45) is 0.944. The minimum Gasteiger partial charge on any atom is -0.497 e. The van der Waals surface area contributed by atoms with Crippen molar-refractivity contribution < 1.29 is 23.7 Å². The van der Waals surface area contributed by atoms with Crippen LogP contribution in [0, 0.1) is 0 Å². The molecule has 0 saturated heterocycles. The van der Waals surface area contributed by atoms with Crippen LogP contribution >= 0.6 is 24.0 Å². The van der Waals surface area contributed by atoms with Crippen LogP contribution in [0.2, 0.25) is 0 Å². The molecule has 1 aliphatic heterocycles. The third-order valence-corrected chi connectivity index (χ3v) is 7.98. The predicted octanol–water partition coefficient (Wildman–Crippen LogP) is 5.33. The van der Waals surface area contributed by atoms with Crippen molar-refractivity contribution in [2.75, 3.05) is 45.6 Å². The van der Waals surface area contributed by atoms with Gasteiger partial charge in [0.2, 0.25) is 11.7 Å². The van der Waals surface area contributed by atoms with E-state index in [1.807, 2.05) is 24.3 Å². The Morgan fingerprint density at radius 1 is 0.921 bits per heavy atom. The molecule has 0 N–H and O–H groups in total. The van der Waals surface area contributed by atoms with Gasteiger partial charge in [0.05, 0.1) is 46.4 Å². The van der Waals surface area contributed by atoms with Gasteiger partial charge in [0, 0.05) is 25.2 Å². The van der Waals surface area contributed by atoms with Crippen LogP contribution in [0.15, 0.2) is 60.7 Å². The number of carbonyl (C=O) groups excluding carboxylic acids is 1. The van der Waals surface area contributed by atoms with Gasteiger partial charge in [0.25, 0.3) is 0 Å². The monoisotopic (exact) mass is 552 g/mol. The van der Waals surface area contributed by atoms with Gasteiger partial charge in [-0.3, -0.25) is 4.79 Å². The zero-order chi connectivity index (χ0) is 27.1. The first-order chi connectivity index (χ1) is 18.5. The number of methoxy groups -OCH3 is 4. The topological polar surface area (TPSA) is 60.5 Å². The lowest BCUT2D eigenvalue weighted by atomic mass is 10.0. The summed E-state index contributed by atoms with van der Waals surface area (Å²) in [5.41, 5.74) is 4.24. The largest absolute Gasteiger partial charge is 0.497 e. The van der Waals surface area contributed by atoms with E-state index < -0.39 is 0 Å². The highest BCUT2D eigenvalue weighted by Gasteiger charge is 2.24. The highest BCUT2D eigenvalue weighted by molar-refractivity contribution is 8.23. The summed E-state index contributed by atoms with van der Waals surface area (Å²) in [5, 5.41) is 0. The highest BCUT2D eigenvalue weighted by Crippen LogP contribution is 2.41. The van der Waals surface area contributed by atoms with E-state index in [9.17, 15) is 4.79 Å². The van der Waals surface area contributed by atoms with Crippen LogP contribution in [0.1, 0.15) is 16.7 Å². The van der Waals surface area contributed by atoms with Crippen LogP contribution in [0.4, 0.5) is 5.69 Å². The minimum absolute atomic E-state index is 0.0835. The van der Waals surface area contributed by atoms with E-state index in [4.69, 9.17) is 31.2 Å². The van der Waals surface area contributed by atoms with E-state index in [2.05, 4.69) is 29.2 Å². The van der Waals surface area contributed by atoms with Gasteiger partial charge < -0.3 is 28.7 Å². The Bertz CT molecular complexity index is 1260. The number of fused-ring (bicyclic) bond motifs is 1. The van der Waals surface area contributed by atoms with Crippen LogP contribution in [0.3, 0.4) is 0 Å². The molecule has 0 aromatic heterocycles. The highest BCUT2D eigenvalue weighted by atomic mass is 32.2. The number of thioether (sulfide) groups is 1. The maximum atomic E-state index is 13.7. The van der Waals surface area contributed by atoms with Gasteiger partial charge in [-0.15, -0.1) is 0 Å². The van der Waals surface area contributed by atoms with Crippen molar-refractivity contribution in [2.45, 2.75) is 19.5 Å². The number of rotatable bonds is 9. The van der Waals surface area contributed by atoms with Gasteiger partial charge in [0.1, 0.15) is 10.1 Å². The van der Waals surface area contributed by atoms with E-state index in [-0.39, 0.29) is 11.7 Å². The molecule has 3 aromatic carbocycles. The Balaban J connectivity index is 1.55. The van der Waals surface area contributed by atoms with Crippen LogP contribution in [-0.4, -0.2) is 55.9 Å². The van der Waals surface area contributed by atoms with E-state index in [0.29, 0.717) is 29.5 Å². The van der Waals surface area contributed by atoms with E-state index in [0.717, 1.165) is 35.1 Å². The zero-order valence-corrected chi connectivity index (χ0v) is 23.7. The van der Waals surface area contributed by atoms with Crippen molar-refractivity contribution in [1.29, 1.82) is 0 Å². The fraction of sp³-hybridized carbons (Fsp3) is 0.310. The third kappa shape index (κ3) is 6.34. The van der Waals surface area contributed by atoms with Crippen LogP contribution < -0.4 is 23.8 Å². The number of carbonyl (C=O) groups is 1. The summed E-state index contributed by atoms with van der Waals surface area (Å²) in [4.78, 5) is 17.6. The number of benzene rings is 3. The molecule has 1 aliphatic rings. The Hall–Kier alpha value is -3.43. The molecule has 0 atom stereocenters. The first-order valence-corrected chi connectivity index (χ1v) is 13.6. The SMILES string of the molecule is COc1ccc(CN(C(=O)CSC(=S)N2CCc3ccccc3C2)c2cc(OC)c(OC)c(OC)c2)cc1. The zero-order valence-electron chi connectivity index (χ0n) is 22.1.